The molecule has 2 N–H and O–H groups in total. The van der Waals surface area contributed by atoms with Crippen molar-refractivity contribution in [2.75, 3.05) is 0 Å². The molecule has 0 rings (SSSR count). The van der Waals surface area contributed by atoms with Crippen LogP contribution in [0.3, 0.4) is 0 Å². The molecule has 74 valence electrons. The first-order chi connectivity index (χ1) is 6.04. The van der Waals surface area contributed by atoms with Gasteiger partial charge in [0.1, 0.15) is 0 Å². The van der Waals surface area contributed by atoms with E-state index < -0.39 is 11.9 Å². The number of carboxylic acids is 2. The highest BCUT2D eigenvalue weighted by Crippen LogP contribution is 1.86. The van der Waals surface area contributed by atoms with Crippen molar-refractivity contribution in [3.63, 3.8) is 0 Å². The molecular formula is C8H12O5. The molecule has 0 fully saturated rings. The van der Waals surface area contributed by atoms with Gasteiger partial charge in [0.2, 0.25) is 0 Å². The van der Waals surface area contributed by atoms with Crippen LogP contribution in [0.2, 0.25) is 0 Å². The van der Waals surface area contributed by atoms with Crippen LogP contribution in [0.15, 0.2) is 25.7 Å². The molecule has 0 atom stereocenters. The number of ether oxygens (including phenoxy) is 1. The highest BCUT2D eigenvalue weighted by atomic mass is 16.5. The third kappa shape index (κ3) is 25.3. The summed E-state index contributed by atoms with van der Waals surface area (Å²) in [5.41, 5.74) is 0. The second-order valence-electron chi connectivity index (χ2n) is 1.76. The van der Waals surface area contributed by atoms with E-state index in [0.717, 1.165) is 0 Å². The Morgan fingerprint density at radius 1 is 1.08 bits per heavy atom. The van der Waals surface area contributed by atoms with E-state index in [9.17, 15) is 9.59 Å². The fraction of sp³-hybridized carbons (Fsp3) is 0.250. The van der Waals surface area contributed by atoms with Crippen LogP contribution in [0.4, 0.5) is 0 Å². The molecule has 0 radical (unpaired) electrons. The molecule has 0 saturated carbocycles. The van der Waals surface area contributed by atoms with Crippen molar-refractivity contribution in [3.8, 4) is 0 Å². The lowest BCUT2D eigenvalue weighted by atomic mass is 10.3. The Morgan fingerprint density at radius 2 is 1.38 bits per heavy atom. The summed E-state index contributed by atoms with van der Waals surface area (Å²) in [6, 6.07) is 0. The number of carboxylic acid groups (broad SMARTS) is 2. The normalized spacial score (nSPS) is 7.38. The van der Waals surface area contributed by atoms with Crippen molar-refractivity contribution in [2.45, 2.75) is 12.8 Å². The van der Waals surface area contributed by atoms with E-state index >= 15 is 0 Å². The maximum absolute atomic E-state index is 9.64. The third-order valence-electron chi connectivity index (χ3n) is 0.745. The molecule has 0 aliphatic carbocycles. The molecule has 0 aliphatic heterocycles. The second kappa shape index (κ2) is 10.2. The van der Waals surface area contributed by atoms with Crippen molar-refractivity contribution in [1.29, 1.82) is 0 Å². The molecule has 0 unspecified atom stereocenters. The number of rotatable bonds is 5. The molecule has 0 spiro atoms. The molecule has 0 saturated heterocycles. The first kappa shape index (κ1) is 13.8. The number of carbonyl (C=O) groups is 2. The van der Waals surface area contributed by atoms with Gasteiger partial charge in [-0.1, -0.05) is 13.2 Å². The minimum absolute atomic E-state index is 0.296. The maximum atomic E-state index is 9.64. The van der Waals surface area contributed by atoms with Gasteiger partial charge in [-0.15, -0.1) is 0 Å². The van der Waals surface area contributed by atoms with Crippen LogP contribution in [0.25, 0.3) is 0 Å². The Balaban J connectivity index is 0. The van der Waals surface area contributed by atoms with Crippen LogP contribution in [0.1, 0.15) is 12.8 Å². The molecular weight excluding hydrogens is 176 g/mol. The Labute approximate surface area is 75.9 Å². The molecule has 0 aromatic heterocycles. The second-order valence-corrected chi connectivity index (χ2v) is 1.76. The van der Waals surface area contributed by atoms with Crippen LogP contribution >= 0.6 is 0 Å². The molecule has 5 nitrogen and oxygen atoms in total. The zero-order valence-electron chi connectivity index (χ0n) is 7.10. The van der Waals surface area contributed by atoms with Gasteiger partial charge >= 0.3 is 11.9 Å². The molecule has 0 bridgehead atoms. The Morgan fingerprint density at radius 3 is 1.46 bits per heavy atom. The monoisotopic (exact) mass is 188 g/mol. The average Bonchev–Trinajstić information content (AvgIpc) is 2.03. The lowest BCUT2D eigenvalue weighted by Gasteiger charge is -1.85. The fourth-order valence-electron chi connectivity index (χ4n) is 0.282. The van der Waals surface area contributed by atoms with Crippen molar-refractivity contribution in [2.24, 2.45) is 0 Å². The first-order valence-electron chi connectivity index (χ1n) is 3.35. The molecule has 0 aromatic rings. The lowest BCUT2D eigenvalue weighted by molar-refractivity contribution is -0.143. The summed E-state index contributed by atoms with van der Waals surface area (Å²) in [5, 5.41) is 15.8. The van der Waals surface area contributed by atoms with Crippen molar-refractivity contribution in [3.05, 3.63) is 25.7 Å². The van der Waals surface area contributed by atoms with Gasteiger partial charge in [0, 0.05) is 0 Å². The zero-order chi connectivity index (χ0) is 10.7. The summed E-state index contributed by atoms with van der Waals surface area (Å²) >= 11 is 0. The SMILES string of the molecule is C=COC=C.O=C(O)CCC(=O)O. The molecule has 0 amide bonds. The van der Waals surface area contributed by atoms with E-state index in [1.54, 1.807) is 0 Å². The van der Waals surface area contributed by atoms with Crippen molar-refractivity contribution < 1.29 is 24.5 Å². The van der Waals surface area contributed by atoms with Crippen LogP contribution in [0, 0.1) is 0 Å². The van der Waals surface area contributed by atoms with Gasteiger partial charge in [0.25, 0.3) is 0 Å². The summed E-state index contributed by atoms with van der Waals surface area (Å²) < 4.78 is 4.36. The van der Waals surface area contributed by atoms with Crippen LogP contribution in [-0.4, -0.2) is 22.2 Å². The van der Waals surface area contributed by atoms with Gasteiger partial charge < -0.3 is 14.9 Å². The van der Waals surface area contributed by atoms with Gasteiger partial charge in [-0.05, 0) is 0 Å². The van der Waals surface area contributed by atoms with Gasteiger partial charge in [-0.25, -0.2) is 0 Å². The summed E-state index contributed by atoms with van der Waals surface area (Å²) in [7, 11) is 0. The minimum atomic E-state index is -1.08. The largest absolute Gasteiger partial charge is 0.481 e. The summed E-state index contributed by atoms with van der Waals surface area (Å²) in [5.74, 6) is -2.15. The standard InChI is InChI=1S/C4H6O4.C4H6O/c5-3(6)1-2-4(7)8;1-3-5-4-2/h1-2H2,(H,5,6)(H,7,8);3-4H,1-2H2. The van der Waals surface area contributed by atoms with Crippen LogP contribution in [0.5, 0.6) is 0 Å². The Kier molecular flexibility index (Phi) is 10.8. The topological polar surface area (TPSA) is 83.8 Å². The smallest absolute Gasteiger partial charge is 0.303 e. The highest BCUT2D eigenvalue weighted by molar-refractivity contribution is 5.75. The number of aliphatic carboxylic acids is 2. The number of hydrogen-bond acceptors (Lipinski definition) is 3. The van der Waals surface area contributed by atoms with Crippen molar-refractivity contribution in [1.82, 2.24) is 0 Å². The number of hydrogen-bond donors (Lipinski definition) is 2. The predicted molar refractivity (Wildman–Crippen MR) is 46.0 cm³/mol. The van der Waals surface area contributed by atoms with Gasteiger partial charge in [-0.3, -0.25) is 9.59 Å². The molecule has 0 aliphatic rings. The van der Waals surface area contributed by atoms with E-state index in [2.05, 4.69) is 17.9 Å². The Hall–Kier alpha value is -1.78. The Bertz CT molecular complexity index is 165. The summed E-state index contributed by atoms with van der Waals surface area (Å²) in [4.78, 5) is 19.3. The van der Waals surface area contributed by atoms with Gasteiger partial charge in [0.05, 0.1) is 25.4 Å². The third-order valence-corrected chi connectivity index (χ3v) is 0.745. The molecule has 0 aromatic carbocycles. The van der Waals surface area contributed by atoms with E-state index in [4.69, 9.17) is 10.2 Å². The summed E-state index contributed by atoms with van der Waals surface area (Å²) in [6.07, 6.45) is 2.03. The highest BCUT2D eigenvalue weighted by Gasteiger charge is 2.00. The van der Waals surface area contributed by atoms with Gasteiger partial charge in [0.15, 0.2) is 0 Å². The van der Waals surface area contributed by atoms with E-state index in [1.807, 2.05) is 0 Å². The maximum Gasteiger partial charge on any atom is 0.303 e. The van der Waals surface area contributed by atoms with Crippen LogP contribution < -0.4 is 0 Å². The van der Waals surface area contributed by atoms with Gasteiger partial charge in [-0.2, -0.15) is 0 Å². The quantitative estimate of drug-likeness (QED) is 0.634. The van der Waals surface area contributed by atoms with E-state index in [1.165, 1.54) is 12.5 Å². The molecule has 0 heterocycles. The first-order valence-corrected chi connectivity index (χ1v) is 3.35. The summed E-state index contributed by atoms with van der Waals surface area (Å²) in [6.45, 7) is 6.51. The zero-order valence-corrected chi connectivity index (χ0v) is 7.10. The van der Waals surface area contributed by atoms with E-state index in [-0.39, 0.29) is 12.8 Å². The van der Waals surface area contributed by atoms with Crippen LogP contribution in [-0.2, 0) is 14.3 Å². The lowest BCUT2D eigenvalue weighted by Crippen LogP contribution is -2.00. The molecule has 5 heteroatoms. The molecule has 13 heavy (non-hydrogen) atoms. The minimum Gasteiger partial charge on any atom is -0.481 e. The van der Waals surface area contributed by atoms with Crippen molar-refractivity contribution >= 4 is 11.9 Å². The van der Waals surface area contributed by atoms with E-state index in [0.29, 0.717) is 0 Å². The predicted octanol–water partition coefficient (Wildman–Crippen LogP) is 1.23. The fourth-order valence-corrected chi connectivity index (χ4v) is 0.282. The average molecular weight is 188 g/mol.